The lowest BCUT2D eigenvalue weighted by molar-refractivity contribution is -0.349. The molecule has 6 aliphatic rings. The van der Waals surface area contributed by atoms with Crippen molar-refractivity contribution in [3.63, 3.8) is 0 Å². The third-order valence-corrected chi connectivity index (χ3v) is 15.6. The molecular formula is C55H75NO22. The van der Waals surface area contributed by atoms with Crippen LogP contribution in [0.3, 0.4) is 0 Å². The number of esters is 1. The average molecular weight is 1100 g/mol. The molecule has 23 nitrogen and oxygen atoms in total. The molecule has 5 fully saturated rings. The van der Waals surface area contributed by atoms with Gasteiger partial charge in [-0.1, -0.05) is 82.0 Å². The number of aliphatic hydroxyl groups is 8. The van der Waals surface area contributed by atoms with Crippen LogP contribution in [0, 0.1) is 17.8 Å². The number of rotatable bonds is 21. The summed E-state index contributed by atoms with van der Waals surface area (Å²) in [5, 5.41) is 100. The first-order valence-corrected chi connectivity index (χ1v) is 26.9. The first-order chi connectivity index (χ1) is 37.5. The Kier molecular flexibility index (Phi) is 20.9. The van der Waals surface area contributed by atoms with Gasteiger partial charge in [-0.05, 0) is 62.3 Å². The molecule has 0 bridgehead atoms. The standard InChI is InChI=1S/C55H75NO22/c1-27-20-33(50(65)56-18-19-69-53-45(64)47(41(60)38(24-57)75-53)70-26-34-22-32-16-10-11-17-35(32)71-28(34)2)23-36(46(27)78-54-44(63)43(62)40(59)29(3)72-54)74-55-49(77-52(68)31-14-8-5-9-15-31)48(42(61)39(25-58)76-55)73-37(51(66)67)21-30-12-6-4-7-13-30/h5,8-11,14-17,22,27,29-30,33,36-49,53-55,57-64H,2,4,6-7,12-13,18-21,23-26H2,1,3H3,(H,56,65)(H,66,67)/t27-,29?,33?,36-,37+,38-,39?,40-,41-,42+,43+,44?,45?,46?,47?,48?,49?,53+,54+,55-/m1/s1. The lowest BCUT2D eigenvalue weighted by atomic mass is 9.77. The van der Waals surface area contributed by atoms with E-state index in [1.807, 2.05) is 24.3 Å². The normalized spacial score (nSPS) is 36.8. The van der Waals surface area contributed by atoms with Gasteiger partial charge in [0.15, 0.2) is 31.1 Å². The number of hydrogen-bond acceptors (Lipinski definition) is 21. The number of nitrogens with one attached hydrogen (secondary N) is 1. The van der Waals surface area contributed by atoms with Crippen LogP contribution in [0.15, 0.2) is 72.5 Å². The zero-order valence-corrected chi connectivity index (χ0v) is 43.6. The van der Waals surface area contributed by atoms with Gasteiger partial charge in [0.25, 0.3) is 0 Å². The number of fused-ring (bicyclic) bond motifs is 1. The lowest BCUT2D eigenvalue weighted by Gasteiger charge is -2.48. The Bertz CT molecular complexity index is 2340. The minimum atomic E-state index is -1.75. The van der Waals surface area contributed by atoms with Crippen LogP contribution in [0.25, 0.3) is 6.08 Å². The molecule has 2 aromatic carbocycles. The summed E-state index contributed by atoms with van der Waals surface area (Å²) in [6.07, 6.45) is -20.2. The average Bonchev–Trinajstić information content (AvgIpc) is 3.50. The topological polar surface area (TPSA) is 338 Å². The number of amides is 1. The number of hydrogen-bond donors (Lipinski definition) is 10. The van der Waals surface area contributed by atoms with Crippen LogP contribution in [0.4, 0.5) is 0 Å². The lowest BCUT2D eigenvalue weighted by Crippen LogP contribution is -2.64. The number of aliphatic hydroxyl groups excluding tert-OH is 8. The third-order valence-electron chi connectivity index (χ3n) is 15.6. The van der Waals surface area contributed by atoms with Gasteiger partial charge in [-0.15, -0.1) is 0 Å². The van der Waals surface area contributed by atoms with Crippen molar-refractivity contribution in [3.8, 4) is 5.75 Å². The van der Waals surface area contributed by atoms with Crippen molar-refractivity contribution in [2.24, 2.45) is 17.8 Å². The first kappa shape index (κ1) is 59.6. The molecule has 0 spiro atoms. The predicted octanol–water partition coefficient (Wildman–Crippen LogP) is 0.690. The van der Waals surface area contributed by atoms with Gasteiger partial charge in [0, 0.05) is 23.6 Å². The minimum absolute atomic E-state index is 0.00237. The molecule has 2 aromatic rings. The molecule has 78 heavy (non-hydrogen) atoms. The maximum atomic E-state index is 14.2. The highest BCUT2D eigenvalue weighted by molar-refractivity contribution is 5.89. The van der Waals surface area contributed by atoms with Crippen molar-refractivity contribution >= 4 is 23.9 Å². The first-order valence-electron chi connectivity index (χ1n) is 26.9. The number of carbonyl (C=O) groups is 3. The summed E-state index contributed by atoms with van der Waals surface area (Å²) >= 11 is 0. The Hall–Kier alpha value is -4.51. The zero-order valence-electron chi connectivity index (χ0n) is 43.6. The molecule has 2 saturated carbocycles. The van der Waals surface area contributed by atoms with E-state index in [0.717, 1.165) is 37.7 Å². The van der Waals surface area contributed by atoms with Crippen LogP contribution in [0.5, 0.6) is 5.75 Å². The highest BCUT2D eigenvalue weighted by Crippen LogP contribution is 2.40. The quantitative estimate of drug-likeness (QED) is 0.0607. The predicted molar refractivity (Wildman–Crippen MR) is 270 cm³/mol. The van der Waals surface area contributed by atoms with Crippen LogP contribution >= 0.6 is 0 Å². The molecule has 9 unspecified atom stereocenters. The minimum Gasteiger partial charge on any atom is -0.479 e. The summed E-state index contributed by atoms with van der Waals surface area (Å²) < 4.78 is 60.7. The third kappa shape index (κ3) is 14.1. The number of carboxylic acid groups (broad SMARTS) is 1. The number of aliphatic carboxylic acids is 1. The molecule has 2 aliphatic carbocycles. The van der Waals surface area contributed by atoms with Crippen molar-refractivity contribution in [3.05, 3.63) is 83.6 Å². The van der Waals surface area contributed by atoms with Gasteiger partial charge in [0.05, 0.1) is 50.3 Å². The molecular weight excluding hydrogens is 1030 g/mol. The monoisotopic (exact) mass is 1100 g/mol. The van der Waals surface area contributed by atoms with E-state index in [2.05, 4.69) is 11.9 Å². The van der Waals surface area contributed by atoms with Crippen LogP contribution < -0.4 is 10.1 Å². The highest BCUT2D eigenvalue weighted by atomic mass is 16.8. The van der Waals surface area contributed by atoms with Gasteiger partial charge >= 0.3 is 11.9 Å². The molecule has 4 aliphatic heterocycles. The summed E-state index contributed by atoms with van der Waals surface area (Å²) in [5.41, 5.74) is 1.41. The SMILES string of the molecule is C=C1Oc2ccccc2C=C1COC1C(O)[C@@H](OCCNC(=O)C2C[C@@H](C)C(O[C@@H]3OC(C)[C@@H](O)[C@H](O)C3O)[C@H](O[C@@H]3OC(CO)[C@H](O)C(O[C@@H](CC4CCCCC4)C(=O)O)C3OC(=O)c3ccccc3)C2)O[C@H](CO)[C@H]1O. The fourth-order valence-electron chi connectivity index (χ4n) is 11.2. The molecule has 0 aromatic heterocycles. The second kappa shape index (κ2) is 27.3. The van der Waals surface area contributed by atoms with Crippen LogP contribution in [0.2, 0.25) is 0 Å². The second-order valence-corrected chi connectivity index (χ2v) is 21.1. The fourth-order valence-corrected chi connectivity index (χ4v) is 11.2. The van der Waals surface area contributed by atoms with E-state index in [9.17, 15) is 60.3 Å². The van der Waals surface area contributed by atoms with E-state index in [-0.39, 0.29) is 50.5 Å². The number of carboxylic acids is 1. The number of ether oxygens (including phenoxy) is 10. The number of benzene rings is 2. The molecule has 10 N–H and O–H groups in total. The Labute approximate surface area is 451 Å². The van der Waals surface area contributed by atoms with Crippen molar-refractivity contribution in [1.29, 1.82) is 0 Å². The van der Waals surface area contributed by atoms with Crippen LogP contribution in [-0.2, 0) is 52.2 Å². The van der Waals surface area contributed by atoms with Crippen molar-refractivity contribution in [2.45, 2.75) is 176 Å². The highest BCUT2D eigenvalue weighted by Gasteiger charge is 2.54. The summed E-state index contributed by atoms with van der Waals surface area (Å²) in [7, 11) is 0. The smallest absolute Gasteiger partial charge is 0.338 e. The van der Waals surface area contributed by atoms with E-state index in [1.165, 1.54) is 19.1 Å². The molecule has 1 amide bonds. The Morgan fingerprint density at radius 3 is 2.10 bits per heavy atom. The Morgan fingerprint density at radius 2 is 1.40 bits per heavy atom. The summed E-state index contributed by atoms with van der Waals surface area (Å²) in [6.45, 7) is 5.22. The van der Waals surface area contributed by atoms with E-state index in [4.69, 9.17) is 47.4 Å². The van der Waals surface area contributed by atoms with Gasteiger partial charge in [0.1, 0.15) is 72.5 Å². The summed E-state index contributed by atoms with van der Waals surface area (Å²) in [4.78, 5) is 41.0. The number of carbonyl (C=O) groups excluding carboxylic acids is 2. The van der Waals surface area contributed by atoms with E-state index in [1.54, 1.807) is 31.2 Å². The van der Waals surface area contributed by atoms with E-state index < -0.39 is 153 Å². The number of para-hydroxylation sites is 1. The second-order valence-electron chi connectivity index (χ2n) is 21.1. The molecule has 3 saturated heterocycles. The molecule has 20 atom stereocenters. The van der Waals surface area contributed by atoms with Crippen LogP contribution in [-0.4, -0.2) is 207 Å². The van der Waals surface area contributed by atoms with Crippen molar-refractivity contribution in [1.82, 2.24) is 5.32 Å². The van der Waals surface area contributed by atoms with Gasteiger partial charge in [-0.3, -0.25) is 4.79 Å². The van der Waals surface area contributed by atoms with Gasteiger partial charge in [-0.25, -0.2) is 9.59 Å². The zero-order chi connectivity index (χ0) is 55.8. The van der Waals surface area contributed by atoms with E-state index in [0.29, 0.717) is 17.1 Å². The Morgan fingerprint density at radius 1 is 0.718 bits per heavy atom. The molecule has 432 valence electrons. The van der Waals surface area contributed by atoms with Gasteiger partial charge < -0.3 is 98.6 Å². The molecule has 23 heteroatoms. The maximum Gasteiger partial charge on any atom is 0.338 e. The van der Waals surface area contributed by atoms with Gasteiger partial charge in [0.2, 0.25) is 5.91 Å². The molecule has 0 radical (unpaired) electrons. The summed E-state index contributed by atoms with van der Waals surface area (Å²) in [5.74, 6) is -3.29. The molecule has 8 rings (SSSR count). The fraction of sp³-hybridized carbons (Fsp3) is 0.655. The van der Waals surface area contributed by atoms with Crippen LogP contribution in [0.1, 0.15) is 81.1 Å². The van der Waals surface area contributed by atoms with Gasteiger partial charge in [-0.2, -0.15) is 0 Å². The molecule has 4 heterocycles. The maximum absolute atomic E-state index is 14.2. The Balaban J connectivity index is 0.988. The summed E-state index contributed by atoms with van der Waals surface area (Å²) in [6, 6.07) is 15.1. The van der Waals surface area contributed by atoms with Crippen molar-refractivity contribution in [2.75, 3.05) is 33.0 Å². The van der Waals surface area contributed by atoms with Crippen molar-refractivity contribution < 1.29 is 108 Å². The van der Waals surface area contributed by atoms with E-state index >= 15 is 0 Å². The largest absolute Gasteiger partial charge is 0.479 e.